The molecular weight excluding hydrogens is 296 g/mol. The van der Waals surface area contributed by atoms with E-state index < -0.39 is 0 Å². The average molecular weight is 314 g/mol. The minimum Gasteiger partial charge on any atom is -0.496 e. The number of nitrogens with one attached hydrogen (secondary N) is 1. The van der Waals surface area contributed by atoms with Crippen LogP contribution in [0.15, 0.2) is 47.6 Å². The van der Waals surface area contributed by atoms with Gasteiger partial charge in [0.05, 0.1) is 13.3 Å². The van der Waals surface area contributed by atoms with Crippen LogP contribution in [-0.2, 0) is 11.4 Å². The van der Waals surface area contributed by atoms with Gasteiger partial charge in [0.25, 0.3) is 0 Å². The molecule has 0 radical (unpaired) electrons. The van der Waals surface area contributed by atoms with Crippen LogP contribution >= 0.6 is 0 Å². The Bertz CT molecular complexity index is 696. The zero-order chi connectivity index (χ0) is 16.7. The SMILES string of the molecule is COc1cc(C=NO)ccc1COc1ccc(NC(C)=O)cc1. The van der Waals surface area contributed by atoms with Crippen molar-refractivity contribution < 1.29 is 19.5 Å². The zero-order valence-corrected chi connectivity index (χ0v) is 12.9. The molecule has 23 heavy (non-hydrogen) atoms. The highest BCUT2D eigenvalue weighted by Gasteiger charge is 2.05. The van der Waals surface area contributed by atoms with Gasteiger partial charge in [-0.3, -0.25) is 4.79 Å². The Hall–Kier alpha value is -3.02. The normalized spacial score (nSPS) is 10.5. The van der Waals surface area contributed by atoms with Crippen LogP contribution in [0.4, 0.5) is 5.69 Å². The van der Waals surface area contributed by atoms with Crippen LogP contribution in [-0.4, -0.2) is 24.4 Å². The number of amides is 1. The molecule has 0 aliphatic heterocycles. The zero-order valence-electron chi connectivity index (χ0n) is 12.9. The first kappa shape index (κ1) is 16.4. The van der Waals surface area contributed by atoms with Crippen LogP contribution in [0.25, 0.3) is 0 Å². The molecule has 0 spiro atoms. The van der Waals surface area contributed by atoms with Crippen molar-refractivity contribution >= 4 is 17.8 Å². The Labute approximate surface area is 134 Å². The van der Waals surface area contributed by atoms with Crippen molar-refractivity contribution in [3.8, 4) is 11.5 Å². The number of hydrogen-bond donors (Lipinski definition) is 2. The molecule has 0 heterocycles. The van der Waals surface area contributed by atoms with Crippen molar-refractivity contribution in [1.29, 1.82) is 0 Å². The molecule has 2 N–H and O–H groups in total. The minimum absolute atomic E-state index is 0.116. The van der Waals surface area contributed by atoms with Crippen LogP contribution < -0.4 is 14.8 Å². The molecular formula is C17H18N2O4. The molecule has 6 nitrogen and oxygen atoms in total. The van der Waals surface area contributed by atoms with Crippen molar-refractivity contribution in [2.24, 2.45) is 5.16 Å². The minimum atomic E-state index is -0.116. The lowest BCUT2D eigenvalue weighted by molar-refractivity contribution is -0.114. The second-order valence-electron chi connectivity index (χ2n) is 4.81. The Kier molecular flexibility index (Phi) is 5.57. The quantitative estimate of drug-likeness (QED) is 0.488. The smallest absolute Gasteiger partial charge is 0.221 e. The maximum absolute atomic E-state index is 11.0. The Morgan fingerprint density at radius 3 is 2.61 bits per heavy atom. The molecule has 0 fully saturated rings. The van der Waals surface area contributed by atoms with Gasteiger partial charge in [-0.15, -0.1) is 0 Å². The summed E-state index contributed by atoms with van der Waals surface area (Å²) in [5.41, 5.74) is 2.32. The van der Waals surface area contributed by atoms with E-state index in [0.717, 1.165) is 16.8 Å². The van der Waals surface area contributed by atoms with Crippen LogP contribution in [0, 0.1) is 0 Å². The molecule has 0 aliphatic carbocycles. The van der Waals surface area contributed by atoms with Crippen molar-refractivity contribution in [2.75, 3.05) is 12.4 Å². The van der Waals surface area contributed by atoms with Gasteiger partial charge < -0.3 is 20.0 Å². The molecule has 6 heteroatoms. The molecule has 2 rings (SSSR count). The Morgan fingerprint density at radius 1 is 1.26 bits per heavy atom. The third-order valence-corrected chi connectivity index (χ3v) is 3.09. The predicted molar refractivity (Wildman–Crippen MR) is 87.5 cm³/mol. The van der Waals surface area contributed by atoms with Crippen molar-refractivity contribution in [3.63, 3.8) is 0 Å². The van der Waals surface area contributed by atoms with E-state index in [4.69, 9.17) is 14.7 Å². The standard InChI is InChI=1S/C17H18N2O4/c1-12(20)19-15-5-7-16(8-6-15)23-11-14-4-3-13(10-18-21)9-17(14)22-2/h3-10,21H,11H2,1-2H3,(H,19,20). The van der Waals surface area contributed by atoms with Gasteiger partial charge in [0.15, 0.2) is 0 Å². The number of nitrogens with zero attached hydrogens (tertiary/aromatic N) is 1. The van der Waals surface area contributed by atoms with Crippen molar-refractivity contribution in [1.82, 2.24) is 0 Å². The average Bonchev–Trinajstić information content (AvgIpc) is 2.54. The molecule has 2 aromatic carbocycles. The van der Waals surface area contributed by atoms with Crippen molar-refractivity contribution in [3.05, 3.63) is 53.6 Å². The molecule has 2 aromatic rings. The monoisotopic (exact) mass is 314 g/mol. The van der Waals surface area contributed by atoms with Gasteiger partial charge in [0, 0.05) is 18.2 Å². The molecule has 0 saturated heterocycles. The van der Waals surface area contributed by atoms with E-state index >= 15 is 0 Å². The number of methoxy groups -OCH3 is 1. The van der Waals surface area contributed by atoms with Gasteiger partial charge in [0.1, 0.15) is 18.1 Å². The van der Waals surface area contributed by atoms with Crippen LogP contribution in [0.3, 0.4) is 0 Å². The lowest BCUT2D eigenvalue weighted by Crippen LogP contribution is -2.05. The van der Waals surface area contributed by atoms with E-state index in [1.54, 1.807) is 43.5 Å². The number of hydrogen-bond acceptors (Lipinski definition) is 5. The van der Waals surface area contributed by atoms with Gasteiger partial charge in [-0.05, 0) is 35.9 Å². The summed E-state index contributed by atoms with van der Waals surface area (Å²) in [5, 5.41) is 14.2. The second-order valence-corrected chi connectivity index (χ2v) is 4.81. The van der Waals surface area contributed by atoms with Crippen LogP contribution in [0.5, 0.6) is 11.5 Å². The summed E-state index contributed by atoms with van der Waals surface area (Å²) in [4.78, 5) is 11.0. The summed E-state index contributed by atoms with van der Waals surface area (Å²) < 4.78 is 11.0. The van der Waals surface area contributed by atoms with Gasteiger partial charge >= 0.3 is 0 Å². The van der Waals surface area contributed by atoms with Gasteiger partial charge in [-0.25, -0.2) is 0 Å². The number of anilines is 1. The van der Waals surface area contributed by atoms with Gasteiger partial charge in [0.2, 0.25) is 5.91 Å². The molecule has 0 aliphatic rings. The highest BCUT2D eigenvalue weighted by molar-refractivity contribution is 5.88. The molecule has 120 valence electrons. The number of carbonyl (C=O) groups excluding carboxylic acids is 1. The Morgan fingerprint density at radius 2 is 2.00 bits per heavy atom. The molecule has 0 bridgehead atoms. The fraction of sp³-hybridized carbons (Fsp3) is 0.176. The van der Waals surface area contributed by atoms with Gasteiger partial charge in [-0.1, -0.05) is 17.3 Å². The van der Waals surface area contributed by atoms with E-state index in [1.165, 1.54) is 13.1 Å². The number of oxime groups is 1. The van der Waals surface area contributed by atoms with Crippen LogP contribution in [0.1, 0.15) is 18.1 Å². The summed E-state index contributed by atoms with van der Waals surface area (Å²) in [6.07, 6.45) is 1.33. The first-order chi connectivity index (χ1) is 11.1. The fourth-order valence-corrected chi connectivity index (χ4v) is 2.03. The lowest BCUT2D eigenvalue weighted by atomic mass is 10.1. The molecule has 0 saturated carbocycles. The second kappa shape index (κ2) is 7.84. The highest BCUT2D eigenvalue weighted by Crippen LogP contribution is 2.23. The van der Waals surface area contributed by atoms with Crippen LogP contribution in [0.2, 0.25) is 0 Å². The summed E-state index contributed by atoms with van der Waals surface area (Å²) >= 11 is 0. The van der Waals surface area contributed by atoms with Gasteiger partial charge in [-0.2, -0.15) is 0 Å². The Balaban J connectivity index is 2.04. The number of carbonyl (C=O) groups is 1. The lowest BCUT2D eigenvalue weighted by Gasteiger charge is -2.11. The largest absolute Gasteiger partial charge is 0.496 e. The summed E-state index contributed by atoms with van der Waals surface area (Å²) in [5.74, 6) is 1.22. The molecule has 0 unspecified atom stereocenters. The van der Waals surface area contributed by atoms with E-state index in [0.29, 0.717) is 18.1 Å². The molecule has 1 amide bonds. The maximum atomic E-state index is 11.0. The number of rotatable bonds is 6. The van der Waals surface area contributed by atoms with E-state index in [1.807, 2.05) is 6.07 Å². The number of benzene rings is 2. The fourth-order valence-electron chi connectivity index (χ4n) is 2.03. The molecule has 0 atom stereocenters. The highest BCUT2D eigenvalue weighted by atomic mass is 16.5. The summed E-state index contributed by atoms with van der Waals surface area (Å²) in [7, 11) is 1.57. The van der Waals surface area contributed by atoms with E-state index in [9.17, 15) is 4.79 Å². The third kappa shape index (κ3) is 4.74. The maximum Gasteiger partial charge on any atom is 0.221 e. The summed E-state index contributed by atoms with van der Waals surface area (Å²) in [6, 6.07) is 12.5. The van der Waals surface area contributed by atoms with Crippen molar-refractivity contribution in [2.45, 2.75) is 13.5 Å². The third-order valence-electron chi connectivity index (χ3n) is 3.09. The van der Waals surface area contributed by atoms with E-state index in [2.05, 4.69) is 10.5 Å². The molecule has 0 aromatic heterocycles. The number of ether oxygens (including phenoxy) is 2. The first-order valence-corrected chi connectivity index (χ1v) is 6.97. The summed E-state index contributed by atoms with van der Waals surface area (Å²) in [6.45, 7) is 1.79. The first-order valence-electron chi connectivity index (χ1n) is 6.97. The topological polar surface area (TPSA) is 80.2 Å². The van der Waals surface area contributed by atoms with E-state index in [-0.39, 0.29) is 5.91 Å². The predicted octanol–water partition coefficient (Wildman–Crippen LogP) is 3.04.